The lowest BCUT2D eigenvalue weighted by Crippen LogP contribution is -2.21. The second kappa shape index (κ2) is 7.32. The highest BCUT2D eigenvalue weighted by Crippen LogP contribution is 2.28. The maximum atomic E-state index is 13.2. The van der Waals surface area contributed by atoms with Crippen molar-refractivity contribution in [3.05, 3.63) is 107 Å². The van der Waals surface area contributed by atoms with E-state index in [9.17, 15) is 14.7 Å². The zero-order valence-corrected chi connectivity index (χ0v) is 14.8. The Morgan fingerprint density at radius 1 is 0.893 bits per heavy atom. The molecule has 1 amide bonds. The molecule has 0 bridgehead atoms. The number of anilines is 1. The van der Waals surface area contributed by atoms with Crippen LogP contribution in [0.5, 0.6) is 0 Å². The van der Waals surface area contributed by atoms with Crippen molar-refractivity contribution in [3.63, 3.8) is 0 Å². The lowest BCUT2D eigenvalue weighted by atomic mass is 10.0. The summed E-state index contributed by atoms with van der Waals surface area (Å²) >= 11 is 0. The van der Waals surface area contributed by atoms with Gasteiger partial charge in [0.1, 0.15) is 5.71 Å². The van der Waals surface area contributed by atoms with Crippen LogP contribution in [0, 0.1) is 0 Å². The summed E-state index contributed by atoms with van der Waals surface area (Å²) in [5.41, 5.74) is 3.22. The van der Waals surface area contributed by atoms with Crippen molar-refractivity contribution in [1.29, 1.82) is 0 Å². The van der Waals surface area contributed by atoms with E-state index in [4.69, 9.17) is 0 Å². The summed E-state index contributed by atoms with van der Waals surface area (Å²) in [4.78, 5) is 24.5. The third-order valence-corrected chi connectivity index (χ3v) is 4.37. The van der Waals surface area contributed by atoms with E-state index in [-0.39, 0.29) is 11.5 Å². The van der Waals surface area contributed by atoms with Gasteiger partial charge in [-0.1, -0.05) is 66.7 Å². The van der Waals surface area contributed by atoms with Crippen molar-refractivity contribution in [2.24, 2.45) is 5.10 Å². The molecule has 5 nitrogen and oxygen atoms in total. The molecule has 0 aliphatic carbocycles. The Kier molecular flexibility index (Phi) is 4.56. The highest BCUT2D eigenvalue weighted by molar-refractivity contribution is 6.37. The number of aromatic carboxylic acids is 1. The first-order valence-corrected chi connectivity index (χ1v) is 8.72. The largest absolute Gasteiger partial charge is 0.478 e. The number of hydrogen-bond donors (Lipinski definition) is 1. The average Bonchev–Trinajstić information content (AvgIpc) is 3.06. The second-order valence-electron chi connectivity index (χ2n) is 6.26. The van der Waals surface area contributed by atoms with Crippen molar-refractivity contribution in [1.82, 2.24) is 0 Å². The van der Waals surface area contributed by atoms with E-state index in [1.54, 1.807) is 18.2 Å². The molecule has 136 valence electrons. The summed E-state index contributed by atoms with van der Waals surface area (Å²) in [5.74, 6) is -1.36. The number of carboxylic acid groups (broad SMARTS) is 1. The Morgan fingerprint density at radius 2 is 1.57 bits per heavy atom. The van der Waals surface area contributed by atoms with Gasteiger partial charge in [-0.25, -0.2) is 4.79 Å². The molecule has 3 aromatic carbocycles. The Morgan fingerprint density at radius 3 is 2.25 bits per heavy atom. The maximum Gasteiger partial charge on any atom is 0.335 e. The Labute approximate surface area is 161 Å². The zero-order chi connectivity index (χ0) is 19.5. The van der Waals surface area contributed by atoms with Crippen LogP contribution in [0.3, 0.4) is 0 Å². The van der Waals surface area contributed by atoms with Crippen molar-refractivity contribution in [2.75, 3.05) is 5.01 Å². The van der Waals surface area contributed by atoms with Crippen LogP contribution in [-0.4, -0.2) is 22.7 Å². The molecular weight excluding hydrogens is 352 g/mol. The molecule has 1 N–H and O–H groups in total. The summed E-state index contributed by atoms with van der Waals surface area (Å²) in [6, 6.07) is 25.2. The number of benzene rings is 3. The molecule has 1 aliphatic heterocycles. The fourth-order valence-electron chi connectivity index (χ4n) is 3.02. The van der Waals surface area contributed by atoms with Crippen LogP contribution in [-0.2, 0) is 4.79 Å². The third-order valence-electron chi connectivity index (χ3n) is 4.37. The number of carboxylic acids is 1. The highest BCUT2D eigenvalue weighted by Gasteiger charge is 2.32. The van der Waals surface area contributed by atoms with Gasteiger partial charge >= 0.3 is 5.97 Å². The molecule has 0 fully saturated rings. The van der Waals surface area contributed by atoms with E-state index in [1.807, 2.05) is 60.7 Å². The van der Waals surface area contributed by atoms with Crippen LogP contribution in [0.25, 0.3) is 6.08 Å². The Balaban J connectivity index is 1.83. The average molecular weight is 368 g/mol. The van der Waals surface area contributed by atoms with Crippen molar-refractivity contribution in [2.45, 2.75) is 0 Å². The molecule has 28 heavy (non-hydrogen) atoms. The van der Waals surface area contributed by atoms with Crippen LogP contribution in [0.2, 0.25) is 0 Å². The second-order valence-corrected chi connectivity index (χ2v) is 6.26. The van der Waals surface area contributed by atoms with E-state index in [1.165, 1.54) is 17.1 Å². The minimum atomic E-state index is -1.05. The summed E-state index contributed by atoms with van der Waals surface area (Å²) < 4.78 is 0. The van der Waals surface area contributed by atoms with Gasteiger partial charge in [0.15, 0.2) is 0 Å². The van der Waals surface area contributed by atoms with Crippen LogP contribution in [0.1, 0.15) is 21.5 Å². The number of rotatable bonds is 4. The van der Waals surface area contributed by atoms with E-state index >= 15 is 0 Å². The predicted octanol–water partition coefficient (Wildman–Crippen LogP) is 4.22. The molecular formula is C23H16N2O3. The third kappa shape index (κ3) is 3.33. The predicted molar refractivity (Wildman–Crippen MR) is 108 cm³/mol. The fourth-order valence-corrected chi connectivity index (χ4v) is 3.02. The van der Waals surface area contributed by atoms with Gasteiger partial charge < -0.3 is 5.11 Å². The normalized spacial score (nSPS) is 15.0. The molecule has 3 aromatic rings. The van der Waals surface area contributed by atoms with Crippen LogP contribution >= 0.6 is 0 Å². The number of amides is 1. The first-order valence-electron chi connectivity index (χ1n) is 8.72. The minimum absolute atomic E-state index is 0.0993. The number of carbonyl (C=O) groups is 2. The van der Waals surface area contributed by atoms with Gasteiger partial charge in [0.2, 0.25) is 0 Å². The number of hydrogen-bond acceptors (Lipinski definition) is 3. The molecule has 0 unspecified atom stereocenters. The monoisotopic (exact) mass is 368 g/mol. The Hall–Kier alpha value is -3.99. The van der Waals surface area contributed by atoms with E-state index in [0.717, 1.165) is 11.1 Å². The van der Waals surface area contributed by atoms with Crippen molar-refractivity contribution in [3.8, 4) is 0 Å². The SMILES string of the molecule is O=C(O)c1cccc(N2N=C(c3ccccc3)C(=Cc3ccccc3)C2=O)c1. The van der Waals surface area contributed by atoms with Gasteiger partial charge in [0.25, 0.3) is 5.91 Å². The molecule has 0 atom stereocenters. The standard InChI is InChI=1S/C23H16N2O3/c26-22-20(14-16-8-3-1-4-9-16)21(17-10-5-2-6-11-17)24-25(22)19-13-7-12-18(15-19)23(27)28/h1-15H,(H,27,28). The lowest BCUT2D eigenvalue weighted by molar-refractivity contribution is -0.114. The first-order chi connectivity index (χ1) is 13.6. The fraction of sp³-hybridized carbons (Fsp3) is 0. The zero-order valence-electron chi connectivity index (χ0n) is 14.8. The Bertz CT molecular complexity index is 1100. The maximum absolute atomic E-state index is 13.2. The van der Waals surface area contributed by atoms with Crippen LogP contribution in [0.4, 0.5) is 5.69 Å². The summed E-state index contributed by atoms with van der Waals surface area (Å²) in [7, 11) is 0. The van der Waals surface area contributed by atoms with E-state index < -0.39 is 5.97 Å². The smallest absolute Gasteiger partial charge is 0.335 e. The lowest BCUT2D eigenvalue weighted by Gasteiger charge is -2.12. The number of carbonyl (C=O) groups excluding carboxylic acids is 1. The molecule has 0 spiro atoms. The molecule has 1 aliphatic rings. The molecule has 0 aromatic heterocycles. The summed E-state index contributed by atoms with van der Waals surface area (Å²) in [5, 5.41) is 15.0. The van der Waals surface area contributed by atoms with Gasteiger partial charge in [-0.05, 0) is 29.8 Å². The van der Waals surface area contributed by atoms with Crippen LogP contribution < -0.4 is 5.01 Å². The van der Waals surface area contributed by atoms with Gasteiger partial charge in [0, 0.05) is 5.56 Å². The minimum Gasteiger partial charge on any atom is -0.478 e. The molecule has 1 heterocycles. The summed E-state index contributed by atoms with van der Waals surface area (Å²) in [6.07, 6.45) is 1.80. The first kappa shape index (κ1) is 17.4. The van der Waals surface area contributed by atoms with Crippen LogP contribution in [0.15, 0.2) is 95.6 Å². The van der Waals surface area contributed by atoms with Crippen molar-refractivity contribution >= 4 is 29.4 Å². The topological polar surface area (TPSA) is 70.0 Å². The summed E-state index contributed by atoms with van der Waals surface area (Å²) in [6.45, 7) is 0. The quantitative estimate of drug-likeness (QED) is 0.701. The van der Waals surface area contributed by atoms with E-state index in [2.05, 4.69) is 5.10 Å². The highest BCUT2D eigenvalue weighted by atomic mass is 16.4. The van der Waals surface area contributed by atoms with Gasteiger partial charge in [-0.15, -0.1) is 0 Å². The van der Waals surface area contributed by atoms with Crippen molar-refractivity contribution < 1.29 is 14.7 Å². The van der Waals surface area contributed by atoms with E-state index in [0.29, 0.717) is 17.0 Å². The van der Waals surface area contributed by atoms with Gasteiger partial charge in [-0.2, -0.15) is 10.1 Å². The molecule has 0 radical (unpaired) electrons. The molecule has 4 rings (SSSR count). The molecule has 0 saturated carbocycles. The molecule has 0 saturated heterocycles. The molecule has 5 heteroatoms. The van der Waals surface area contributed by atoms with Gasteiger partial charge in [0.05, 0.1) is 16.8 Å². The van der Waals surface area contributed by atoms with Gasteiger partial charge in [-0.3, -0.25) is 4.79 Å². The number of hydrazone groups is 1. The number of nitrogens with zero attached hydrogens (tertiary/aromatic N) is 2.